The van der Waals surface area contributed by atoms with Gasteiger partial charge in [-0.25, -0.2) is 0 Å². The van der Waals surface area contributed by atoms with Gasteiger partial charge in [-0.15, -0.1) is 0 Å². The Morgan fingerprint density at radius 1 is 1.44 bits per heavy atom. The van der Waals surface area contributed by atoms with E-state index in [4.69, 9.17) is 4.74 Å². The van der Waals surface area contributed by atoms with Gasteiger partial charge >= 0.3 is 5.97 Å². The minimum atomic E-state index is -0.00709. The molecular weight excluding hydrogens is 200 g/mol. The van der Waals surface area contributed by atoms with Gasteiger partial charge in [-0.3, -0.25) is 4.79 Å². The highest BCUT2D eigenvalue weighted by Crippen LogP contribution is 2.60. The molecule has 0 aromatic rings. The van der Waals surface area contributed by atoms with E-state index in [1.165, 1.54) is 25.7 Å². The van der Waals surface area contributed by atoms with Crippen LogP contribution in [0.1, 0.15) is 46.5 Å². The number of ether oxygens (including phenoxy) is 1. The van der Waals surface area contributed by atoms with E-state index in [1.807, 2.05) is 6.92 Å². The fourth-order valence-electron chi connectivity index (χ4n) is 2.92. The molecule has 0 unspecified atom stereocenters. The topological polar surface area (TPSA) is 26.3 Å². The molecule has 0 spiro atoms. The number of carbonyl (C=O) groups is 1. The van der Waals surface area contributed by atoms with E-state index in [2.05, 4.69) is 19.9 Å². The van der Waals surface area contributed by atoms with E-state index in [-0.39, 0.29) is 17.3 Å². The smallest absolute Gasteiger partial charge is 0.310 e. The van der Waals surface area contributed by atoms with Crippen molar-refractivity contribution in [1.82, 2.24) is 0 Å². The molecule has 2 aliphatic rings. The maximum Gasteiger partial charge on any atom is 0.310 e. The second-order valence-corrected chi connectivity index (χ2v) is 5.61. The zero-order valence-electron chi connectivity index (χ0n) is 10.6. The van der Waals surface area contributed by atoms with Crippen molar-refractivity contribution in [3.63, 3.8) is 0 Å². The Morgan fingerprint density at radius 2 is 2.06 bits per heavy atom. The van der Waals surface area contributed by atoms with E-state index >= 15 is 0 Å². The highest BCUT2D eigenvalue weighted by Gasteiger charge is 2.61. The van der Waals surface area contributed by atoms with Gasteiger partial charge in [0.2, 0.25) is 0 Å². The lowest BCUT2D eigenvalue weighted by Gasteiger charge is -2.01. The molecule has 0 bridgehead atoms. The van der Waals surface area contributed by atoms with Crippen molar-refractivity contribution in [1.29, 1.82) is 0 Å². The lowest BCUT2D eigenvalue weighted by atomic mass is 10.1. The Labute approximate surface area is 98.1 Å². The number of carbonyl (C=O) groups excluding carboxylic acids is 1. The van der Waals surface area contributed by atoms with E-state index in [0.717, 1.165) is 0 Å². The highest BCUT2D eigenvalue weighted by atomic mass is 16.5. The van der Waals surface area contributed by atoms with Crippen molar-refractivity contribution in [3.05, 3.63) is 11.6 Å². The third-order valence-electron chi connectivity index (χ3n) is 4.11. The maximum atomic E-state index is 11.8. The summed E-state index contributed by atoms with van der Waals surface area (Å²) in [7, 11) is 0. The van der Waals surface area contributed by atoms with Crippen LogP contribution in [0.2, 0.25) is 0 Å². The second-order valence-electron chi connectivity index (χ2n) is 5.61. The fourth-order valence-corrected chi connectivity index (χ4v) is 2.92. The lowest BCUT2D eigenvalue weighted by molar-refractivity contribution is -0.145. The van der Waals surface area contributed by atoms with Crippen LogP contribution in [-0.4, -0.2) is 12.6 Å². The first kappa shape index (κ1) is 11.7. The summed E-state index contributed by atoms with van der Waals surface area (Å²) >= 11 is 0. The molecule has 90 valence electrons. The molecule has 0 amide bonds. The number of hydrogen-bond acceptors (Lipinski definition) is 2. The van der Waals surface area contributed by atoms with Gasteiger partial charge in [0.15, 0.2) is 0 Å². The summed E-state index contributed by atoms with van der Waals surface area (Å²) in [4.78, 5) is 11.8. The summed E-state index contributed by atoms with van der Waals surface area (Å²) in [6.45, 7) is 6.71. The van der Waals surface area contributed by atoms with E-state index < -0.39 is 0 Å². The van der Waals surface area contributed by atoms with Gasteiger partial charge in [0.1, 0.15) is 0 Å². The number of esters is 1. The average Bonchev–Trinajstić information content (AvgIpc) is 2.63. The molecular formula is C14H22O2. The zero-order chi connectivity index (χ0) is 11.8. The summed E-state index contributed by atoms with van der Waals surface area (Å²) in [5, 5.41) is 0. The molecule has 0 radical (unpaired) electrons. The molecule has 2 fully saturated rings. The molecule has 0 aromatic carbocycles. The summed E-state index contributed by atoms with van der Waals surface area (Å²) in [5.74, 6) is 0.507. The van der Waals surface area contributed by atoms with Gasteiger partial charge in [0.05, 0.1) is 12.5 Å². The first-order valence-electron chi connectivity index (χ1n) is 6.43. The molecule has 2 rings (SSSR count). The van der Waals surface area contributed by atoms with Crippen LogP contribution in [0.25, 0.3) is 0 Å². The van der Waals surface area contributed by atoms with Crippen molar-refractivity contribution in [3.8, 4) is 0 Å². The first-order chi connectivity index (χ1) is 7.57. The van der Waals surface area contributed by atoms with Crippen LogP contribution in [0.3, 0.4) is 0 Å². The van der Waals surface area contributed by atoms with Crippen LogP contribution in [0.5, 0.6) is 0 Å². The Morgan fingerprint density at radius 3 is 2.62 bits per heavy atom. The van der Waals surface area contributed by atoms with Crippen LogP contribution in [0.15, 0.2) is 11.6 Å². The third kappa shape index (κ3) is 2.02. The summed E-state index contributed by atoms with van der Waals surface area (Å²) in [6, 6.07) is 0. The highest BCUT2D eigenvalue weighted by molar-refractivity contribution is 5.78. The van der Waals surface area contributed by atoms with Gasteiger partial charge in [0.25, 0.3) is 0 Å². The number of allylic oxidation sites excluding steroid dienone is 2. The van der Waals surface area contributed by atoms with Gasteiger partial charge in [-0.1, -0.05) is 25.5 Å². The minimum Gasteiger partial charge on any atom is -0.466 e. The number of rotatable bonds is 3. The molecule has 0 aliphatic heterocycles. The first-order valence-corrected chi connectivity index (χ1v) is 6.43. The van der Waals surface area contributed by atoms with Crippen LogP contribution < -0.4 is 0 Å². The monoisotopic (exact) mass is 222 g/mol. The summed E-state index contributed by atoms with van der Waals surface area (Å²) in [6.07, 6.45) is 7.48. The third-order valence-corrected chi connectivity index (χ3v) is 4.11. The van der Waals surface area contributed by atoms with Crippen LogP contribution in [0.4, 0.5) is 0 Å². The van der Waals surface area contributed by atoms with Crippen molar-refractivity contribution in [2.24, 2.45) is 17.3 Å². The number of hydrogen-bond donors (Lipinski definition) is 0. The molecule has 2 aliphatic carbocycles. The van der Waals surface area contributed by atoms with E-state index in [1.54, 1.807) is 5.57 Å². The fraction of sp³-hybridized carbons (Fsp3) is 0.786. The van der Waals surface area contributed by atoms with E-state index in [0.29, 0.717) is 12.5 Å². The summed E-state index contributed by atoms with van der Waals surface area (Å²) in [5.41, 5.74) is 1.67. The molecule has 16 heavy (non-hydrogen) atoms. The molecule has 2 heteroatoms. The molecule has 0 N–H and O–H groups in total. The molecule has 2 nitrogen and oxygen atoms in total. The Hall–Kier alpha value is -0.790. The van der Waals surface area contributed by atoms with Crippen molar-refractivity contribution in [2.75, 3.05) is 6.61 Å². The molecule has 0 aromatic heterocycles. The largest absolute Gasteiger partial charge is 0.466 e. The normalized spacial score (nSPS) is 31.3. The Bertz CT molecular complexity index is 307. The van der Waals surface area contributed by atoms with Gasteiger partial charge in [-0.05, 0) is 43.9 Å². The van der Waals surface area contributed by atoms with Gasteiger partial charge < -0.3 is 4.74 Å². The summed E-state index contributed by atoms with van der Waals surface area (Å²) < 4.78 is 5.13. The quantitative estimate of drug-likeness (QED) is 0.541. The van der Waals surface area contributed by atoms with Crippen molar-refractivity contribution < 1.29 is 9.53 Å². The minimum absolute atomic E-state index is 0.00709. The maximum absolute atomic E-state index is 11.8. The van der Waals surface area contributed by atoms with Crippen molar-refractivity contribution in [2.45, 2.75) is 46.5 Å². The second kappa shape index (κ2) is 4.23. The van der Waals surface area contributed by atoms with E-state index in [9.17, 15) is 4.79 Å². The molecule has 0 saturated heterocycles. The van der Waals surface area contributed by atoms with Crippen LogP contribution in [0, 0.1) is 17.3 Å². The van der Waals surface area contributed by atoms with Crippen molar-refractivity contribution >= 4 is 5.97 Å². The van der Waals surface area contributed by atoms with Crippen LogP contribution in [-0.2, 0) is 9.53 Å². The zero-order valence-corrected chi connectivity index (χ0v) is 10.6. The lowest BCUT2D eigenvalue weighted by Crippen LogP contribution is -2.10. The van der Waals surface area contributed by atoms with Gasteiger partial charge in [-0.2, -0.15) is 0 Å². The van der Waals surface area contributed by atoms with Gasteiger partial charge in [0, 0.05) is 0 Å². The molecule has 2 saturated carbocycles. The predicted molar refractivity (Wildman–Crippen MR) is 63.9 cm³/mol. The molecule has 2 atom stereocenters. The average molecular weight is 222 g/mol. The standard InChI is InChI=1S/C14H22O2/c1-4-16-13(15)12-11(14(12,2)3)9-10-7-5-6-8-10/h9,11-12H,4-8H2,1-3H3/t11-,12-/m0/s1. The van der Waals surface area contributed by atoms with Crippen LogP contribution >= 0.6 is 0 Å². The Kier molecular flexibility index (Phi) is 3.09. The Balaban J connectivity index is 2.01. The molecule has 0 heterocycles. The SMILES string of the molecule is CCOC(=O)[C@@H]1[C@H](C=C2CCCC2)C1(C)C. The predicted octanol–water partition coefficient (Wildman–Crippen LogP) is 3.32.